The lowest BCUT2D eigenvalue weighted by atomic mass is 9.85. The van der Waals surface area contributed by atoms with Crippen LogP contribution in [0.1, 0.15) is 45.7 Å². The van der Waals surface area contributed by atoms with Crippen molar-refractivity contribution in [1.29, 1.82) is 0 Å². The Morgan fingerprint density at radius 1 is 1.21 bits per heavy atom. The molecule has 34 heavy (non-hydrogen) atoms. The number of hydrazine groups is 1. The Labute approximate surface area is 204 Å². The number of hydrogen-bond acceptors (Lipinski definition) is 6. The molecule has 3 unspecified atom stereocenters. The Bertz CT molecular complexity index is 1160. The van der Waals surface area contributed by atoms with Gasteiger partial charge in [0.1, 0.15) is 18.0 Å². The van der Waals surface area contributed by atoms with Crippen LogP contribution >= 0.6 is 11.6 Å². The second kappa shape index (κ2) is 7.90. The lowest BCUT2D eigenvalue weighted by Crippen LogP contribution is -2.60. The molecule has 8 heteroatoms. The summed E-state index contributed by atoms with van der Waals surface area (Å²) in [4.78, 5) is 14.6. The fourth-order valence-electron chi connectivity index (χ4n) is 5.03. The number of amides is 1. The van der Waals surface area contributed by atoms with Crippen LogP contribution < -0.4 is 4.74 Å². The van der Waals surface area contributed by atoms with Crippen molar-refractivity contribution in [3.8, 4) is 5.75 Å². The van der Waals surface area contributed by atoms with Crippen molar-refractivity contribution in [1.82, 2.24) is 14.9 Å². The van der Waals surface area contributed by atoms with E-state index >= 15 is 0 Å². The zero-order valence-electron chi connectivity index (χ0n) is 19.8. The topological polar surface area (TPSA) is 76.5 Å². The van der Waals surface area contributed by atoms with E-state index in [0.29, 0.717) is 19.7 Å². The van der Waals surface area contributed by atoms with Gasteiger partial charge >= 0.3 is 0 Å². The van der Waals surface area contributed by atoms with Gasteiger partial charge in [0.2, 0.25) is 0 Å². The van der Waals surface area contributed by atoms with Crippen LogP contribution in [0.15, 0.2) is 71.3 Å². The van der Waals surface area contributed by atoms with E-state index in [-0.39, 0.29) is 29.4 Å². The second-order valence-corrected chi connectivity index (χ2v) is 10.9. The smallest absolute Gasteiger partial charge is 0.276 e. The number of ether oxygens (including phenoxy) is 1. The standard InChI is InChI=1S/C26H30ClN3O4/c1-16(2)28-15-30(29-12-11-26(4,33)23(31)22(29)24(28)32)21-18-9-10-25(3,27)13-17(18)14-34-20-8-6-5-7-19(20)21/h5-12,16,21,31,33H,13-15H2,1-4H3. The fourth-order valence-corrected chi connectivity index (χ4v) is 5.25. The van der Waals surface area contributed by atoms with E-state index in [1.165, 1.54) is 13.0 Å². The highest BCUT2D eigenvalue weighted by Gasteiger charge is 2.47. The Balaban J connectivity index is 1.71. The number of allylic oxidation sites excluding steroid dienone is 1. The van der Waals surface area contributed by atoms with Crippen molar-refractivity contribution >= 4 is 17.5 Å². The average Bonchev–Trinajstić information content (AvgIpc) is 2.92. The van der Waals surface area contributed by atoms with Crippen LogP contribution in [0, 0.1) is 0 Å². The third-order valence-electron chi connectivity index (χ3n) is 6.92. The summed E-state index contributed by atoms with van der Waals surface area (Å²) in [5.74, 6) is 0.0748. The lowest BCUT2D eigenvalue weighted by molar-refractivity contribution is -0.153. The minimum atomic E-state index is -1.63. The van der Waals surface area contributed by atoms with Crippen LogP contribution in [0.3, 0.4) is 0 Å². The summed E-state index contributed by atoms with van der Waals surface area (Å²) in [5, 5.41) is 25.4. The maximum Gasteiger partial charge on any atom is 0.276 e. The van der Waals surface area contributed by atoms with Crippen LogP contribution in [-0.2, 0) is 4.79 Å². The first-order chi connectivity index (χ1) is 16.0. The summed E-state index contributed by atoms with van der Waals surface area (Å²) in [6.07, 6.45) is 7.87. The summed E-state index contributed by atoms with van der Waals surface area (Å²) in [6.45, 7) is 8.05. The molecule has 4 aliphatic rings. The molecule has 0 bridgehead atoms. The number of nitrogens with zero attached hydrogens (tertiary/aromatic N) is 3. The van der Waals surface area contributed by atoms with Gasteiger partial charge in [-0.1, -0.05) is 30.4 Å². The highest BCUT2D eigenvalue weighted by atomic mass is 35.5. The molecule has 1 saturated heterocycles. The highest BCUT2D eigenvalue weighted by Crippen LogP contribution is 2.47. The zero-order valence-corrected chi connectivity index (χ0v) is 20.6. The molecule has 3 heterocycles. The van der Waals surface area contributed by atoms with Crippen molar-refractivity contribution in [2.75, 3.05) is 13.3 Å². The van der Waals surface area contributed by atoms with Gasteiger partial charge in [-0.25, -0.2) is 0 Å². The summed E-state index contributed by atoms with van der Waals surface area (Å²) in [6, 6.07) is 7.47. The molecule has 3 aliphatic heterocycles. The Morgan fingerprint density at radius 2 is 1.94 bits per heavy atom. The lowest BCUT2D eigenvalue weighted by Gasteiger charge is -2.51. The van der Waals surface area contributed by atoms with E-state index in [1.54, 1.807) is 16.1 Å². The first kappa shape index (κ1) is 23.0. The quantitative estimate of drug-likeness (QED) is 0.615. The molecule has 0 saturated carbocycles. The minimum absolute atomic E-state index is 0.0548. The number of aliphatic hydroxyl groups excluding tert-OH is 1. The number of para-hydroxylation sites is 1. The monoisotopic (exact) mass is 483 g/mol. The van der Waals surface area contributed by atoms with Crippen molar-refractivity contribution in [2.45, 2.75) is 56.7 Å². The summed E-state index contributed by atoms with van der Waals surface area (Å²) in [7, 11) is 0. The van der Waals surface area contributed by atoms with Gasteiger partial charge in [-0.15, -0.1) is 11.6 Å². The minimum Gasteiger partial charge on any atom is -0.507 e. The van der Waals surface area contributed by atoms with E-state index in [1.807, 2.05) is 56.1 Å². The summed E-state index contributed by atoms with van der Waals surface area (Å²) >= 11 is 6.70. The second-order valence-electron chi connectivity index (χ2n) is 10.0. The molecule has 2 N–H and O–H groups in total. The van der Waals surface area contributed by atoms with E-state index in [4.69, 9.17) is 16.3 Å². The van der Waals surface area contributed by atoms with Gasteiger partial charge in [-0.2, -0.15) is 5.01 Å². The normalized spacial score (nSPS) is 31.4. The highest BCUT2D eigenvalue weighted by molar-refractivity contribution is 6.25. The molecular formula is C26H30ClN3O4. The van der Waals surface area contributed by atoms with Crippen LogP contribution in [0.25, 0.3) is 0 Å². The SMILES string of the molecule is CC(C)N1CN(C2C3=C(COc4ccccc42)CC(C)(Cl)C=C3)N2C=CC(C)(O)C(O)=C2C1=O. The molecule has 1 aliphatic carbocycles. The van der Waals surface area contributed by atoms with Crippen molar-refractivity contribution in [3.63, 3.8) is 0 Å². The van der Waals surface area contributed by atoms with E-state index in [0.717, 1.165) is 22.5 Å². The third kappa shape index (κ3) is 3.63. The largest absolute Gasteiger partial charge is 0.507 e. The van der Waals surface area contributed by atoms with Gasteiger partial charge in [-0.05, 0) is 57.4 Å². The van der Waals surface area contributed by atoms with Gasteiger partial charge in [0, 0.05) is 17.8 Å². The Hall–Kier alpha value is -2.74. The molecule has 180 valence electrons. The molecule has 1 fully saturated rings. The molecular weight excluding hydrogens is 454 g/mol. The molecule has 1 aromatic carbocycles. The number of aliphatic hydroxyl groups is 2. The van der Waals surface area contributed by atoms with E-state index in [2.05, 4.69) is 6.08 Å². The third-order valence-corrected chi connectivity index (χ3v) is 7.18. The van der Waals surface area contributed by atoms with E-state index in [9.17, 15) is 15.0 Å². The van der Waals surface area contributed by atoms with Crippen LogP contribution in [0.5, 0.6) is 5.75 Å². The number of fused-ring (bicyclic) bond motifs is 2. The fraction of sp³-hybridized carbons (Fsp3) is 0.423. The molecule has 1 amide bonds. The number of rotatable bonds is 2. The van der Waals surface area contributed by atoms with Crippen LogP contribution in [-0.4, -0.2) is 60.8 Å². The number of hydrogen-bond donors (Lipinski definition) is 2. The molecule has 0 aromatic heterocycles. The molecule has 3 atom stereocenters. The number of halogens is 1. The first-order valence-corrected chi connectivity index (χ1v) is 11.9. The maximum absolute atomic E-state index is 13.4. The molecule has 7 nitrogen and oxygen atoms in total. The molecule has 5 rings (SSSR count). The molecule has 0 radical (unpaired) electrons. The van der Waals surface area contributed by atoms with Gasteiger partial charge in [0.15, 0.2) is 11.5 Å². The van der Waals surface area contributed by atoms with Gasteiger partial charge in [-0.3, -0.25) is 9.80 Å². The molecule has 0 spiro atoms. The number of carbonyl (C=O) groups is 1. The van der Waals surface area contributed by atoms with Crippen LogP contribution in [0.4, 0.5) is 0 Å². The molecule has 1 aromatic rings. The van der Waals surface area contributed by atoms with Gasteiger partial charge in [0.05, 0.1) is 17.6 Å². The Kier molecular flexibility index (Phi) is 5.35. The van der Waals surface area contributed by atoms with Crippen molar-refractivity contribution in [2.24, 2.45) is 0 Å². The zero-order chi connectivity index (χ0) is 24.4. The summed E-state index contributed by atoms with van der Waals surface area (Å²) < 4.78 is 6.22. The van der Waals surface area contributed by atoms with Gasteiger partial charge < -0.3 is 19.8 Å². The van der Waals surface area contributed by atoms with Crippen molar-refractivity contribution in [3.05, 3.63) is 76.9 Å². The number of alkyl halides is 1. The summed E-state index contributed by atoms with van der Waals surface area (Å²) in [5.41, 5.74) is 1.53. The number of benzene rings is 1. The van der Waals surface area contributed by atoms with Crippen molar-refractivity contribution < 1.29 is 19.7 Å². The van der Waals surface area contributed by atoms with E-state index < -0.39 is 10.5 Å². The predicted molar refractivity (Wildman–Crippen MR) is 130 cm³/mol. The average molecular weight is 484 g/mol. The van der Waals surface area contributed by atoms with Gasteiger partial charge in [0.25, 0.3) is 5.91 Å². The Morgan fingerprint density at radius 3 is 2.68 bits per heavy atom. The number of carbonyl (C=O) groups excluding carboxylic acids is 1. The predicted octanol–water partition coefficient (Wildman–Crippen LogP) is 4.15. The first-order valence-electron chi connectivity index (χ1n) is 11.5. The maximum atomic E-state index is 13.4. The van der Waals surface area contributed by atoms with Crippen LogP contribution in [0.2, 0.25) is 0 Å².